The minimum Gasteiger partial charge on any atom is -0.368 e. The Hall–Kier alpha value is -1.85. The molecule has 5 nitrogen and oxygen atoms in total. The van der Waals surface area contributed by atoms with Crippen LogP contribution in [-0.2, 0) is 11.2 Å². The van der Waals surface area contributed by atoms with Crippen LogP contribution in [0, 0.1) is 0 Å². The Morgan fingerprint density at radius 2 is 1.86 bits per heavy atom. The van der Waals surface area contributed by atoms with Crippen molar-refractivity contribution in [2.24, 2.45) is 0 Å². The smallest absolute Gasteiger partial charge is 0.222 e. The molecule has 0 spiro atoms. The molecule has 2 rings (SSSR count). The molecule has 0 aliphatic rings. The summed E-state index contributed by atoms with van der Waals surface area (Å²) in [5.74, 6) is 0.880. The van der Waals surface area contributed by atoms with E-state index in [-0.39, 0.29) is 5.91 Å². The first-order valence-corrected chi connectivity index (χ1v) is 7.09. The Balaban J connectivity index is 1.87. The number of halogens is 2. The molecule has 1 amide bonds. The fourth-order valence-corrected chi connectivity index (χ4v) is 2.23. The zero-order chi connectivity index (χ0) is 15.2. The molecule has 1 aromatic carbocycles. The molecule has 1 heterocycles. The molecule has 2 aromatic rings. The van der Waals surface area contributed by atoms with E-state index >= 15 is 0 Å². The molecule has 0 saturated heterocycles. The van der Waals surface area contributed by atoms with E-state index in [4.69, 9.17) is 23.2 Å². The number of aromatic nitrogens is 2. The third-order valence-electron chi connectivity index (χ3n) is 2.68. The summed E-state index contributed by atoms with van der Waals surface area (Å²) in [6.07, 6.45) is 0.741. The van der Waals surface area contributed by atoms with Crippen LogP contribution in [0.1, 0.15) is 12.5 Å². The van der Waals surface area contributed by atoms with Crippen molar-refractivity contribution in [1.29, 1.82) is 0 Å². The number of rotatable bonds is 5. The topological polar surface area (TPSA) is 66.9 Å². The van der Waals surface area contributed by atoms with Gasteiger partial charge in [0.05, 0.1) is 0 Å². The lowest BCUT2D eigenvalue weighted by Gasteiger charge is -2.07. The lowest BCUT2D eigenvalue weighted by Crippen LogP contribution is -2.10. The Morgan fingerprint density at radius 3 is 2.48 bits per heavy atom. The van der Waals surface area contributed by atoms with Gasteiger partial charge in [0.2, 0.25) is 5.91 Å². The Labute approximate surface area is 132 Å². The van der Waals surface area contributed by atoms with Crippen molar-refractivity contribution >= 4 is 40.7 Å². The van der Waals surface area contributed by atoms with E-state index in [1.807, 2.05) is 12.1 Å². The summed E-state index contributed by atoms with van der Waals surface area (Å²) in [6, 6.07) is 8.87. The van der Waals surface area contributed by atoms with E-state index in [0.717, 1.165) is 12.0 Å². The molecule has 0 atom stereocenters. The maximum absolute atomic E-state index is 10.9. The number of anilines is 2. The van der Waals surface area contributed by atoms with Crippen LogP contribution in [0.5, 0.6) is 0 Å². The van der Waals surface area contributed by atoms with E-state index < -0.39 is 0 Å². The Bertz CT molecular complexity index is 631. The quantitative estimate of drug-likeness (QED) is 0.884. The first-order chi connectivity index (χ1) is 10.0. The molecule has 0 saturated carbocycles. The number of nitrogens with zero attached hydrogens (tertiary/aromatic N) is 2. The van der Waals surface area contributed by atoms with Gasteiger partial charge in [0.25, 0.3) is 0 Å². The third-order valence-corrected chi connectivity index (χ3v) is 3.27. The largest absolute Gasteiger partial charge is 0.368 e. The Morgan fingerprint density at radius 1 is 1.14 bits per heavy atom. The second-order valence-corrected chi connectivity index (χ2v) is 5.24. The third kappa shape index (κ3) is 4.88. The average molecular weight is 325 g/mol. The van der Waals surface area contributed by atoms with Crippen molar-refractivity contribution in [2.75, 3.05) is 17.2 Å². The zero-order valence-electron chi connectivity index (χ0n) is 11.4. The summed E-state index contributed by atoms with van der Waals surface area (Å²) in [5.41, 5.74) is 1.01. The number of carbonyl (C=O) groups is 1. The molecule has 0 bridgehead atoms. The van der Waals surface area contributed by atoms with Crippen LogP contribution in [0.3, 0.4) is 0 Å². The summed E-state index contributed by atoms with van der Waals surface area (Å²) in [5, 5.41) is 14.8. The van der Waals surface area contributed by atoms with Crippen molar-refractivity contribution in [3.63, 3.8) is 0 Å². The van der Waals surface area contributed by atoms with Crippen molar-refractivity contribution in [2.45, 2.75) is 13.3 Å². The minimum absolute atomic E-state index is 0.178. The van der Waals surface area contributed by atoms with Crippen LogP contribution in [-0.4, -0.2) is 22.6 Å². The van der Waals surface area contributed by atoms with E-state index in [0.29, 0.717) is 28.2 Å². The lowest BCUT2D eigenvalue weighted by molar-refractivity contribution is -0.114. The predicted molar refractivity (Wildman–Crippen MR) is 85.0 cm³/mol. The fraction of sp³-hybridized carbons (Fsp3) is 0.214. The van der Waals surface area contributed by atoms with Gasteiger partial charge >= 0.3 is 0 Å². The maximum atomic E-state index is 10.9. The molecule has 0 aliphatic carbocycles. The first-order valence-electron chi connectivity index (χ1n) is 6.34. The second kappa shape index (κ2) is 7.24. The molecule has 21 heavy (non-hydrogen) atoms. The van der Waals surface area contributed by atoms with Crippen molar-refractivity contribution in [3.05, 3.63) is 45.9 Å². The first kappa shape index (κ1) is 15.5. The number of benzene rings is 1. The number of hydrogen-bond acceptors (Lipinski definition) is 4. The SMILES string of the molecule is CC(=O)Nc1ccc(NCCc2ccc(Cl)cc2Cl)nn1. The summed E-state index contributed by atoms with van der Waals surface area (Å²) in [4.78, 5) is 10.9. The maximum Gasteiger partial charge on any atom is 0.222 e. The van der Waals surface area contributed by atoms with Gasteiger partial charge in [-0.1, -0.05) is 29.3 Å². The van der Waals surface area contributed by atoms with Gasteiger partial charge in [-0.15, -0.1) is 10.2 Å². The summed E-state index contributed by atoms with van der Waals surface area (Å²) < 4.78 is 0. The normalized spacial score (nSPS) is 10.2. The monoisotopic (exact) mass is 324 g/mol. The highest BCUT2D eigenvalue weighted by Gasteiger charge is 2.02. The van der Waals surface area contributed by atoms with Gasteiger partial charge in [-0.25, -0.2) is 0 Å². The number of nitrogens with one attached hydrogen (secondary N) is 2. The summed E-state index contributed by atoms with van der Waals surface area (Å²) in [6.45, 7) is 2.08. The molecule has 1 aromatic heterocycles. The molecule has 0 unspecified atom stereocenters. The highest BCUT2D eigenvalue weighted by atomic mass is 35.5. The van der Waals surface area contributed by atoms with Crippen LogP contribution >= 0.6 is 23.2 Å². The fourth-order valence-electron chi connectivity index (χ4n) is 1.72. The minimum atomic E-state index is -0.178. The highest BCUT2D eigenvalue weighted by Crippen LogP contribution is 2.21. The van der Waals surface area contributed by atoms with E-state index in [1.165, 1.54) is 6.92 Å². The number of amides is 1. The molecule has 0 radical (unpaired) electrons. The molecular formula is C14H14Cl2N4O. The van der Waals surface area contributed by atoms with E-state index in [9.17, 15) is 4.79 Å². The van der Waals surface area contributed by atoms with Gasteiger partial charge in [0.1, 0.15) is 5.82 Å². The average Bonchev–Trinajstić information content (AvgIpc) is 2.42. The summed E-state index contributed by atoms with van der Waals surface area (Å²) in [7, 11) is 0. The van der Waals surface area contributed by atoms with Crippen LogP contribution in [0.2, 0.25) is 10.0 Å². The van der Waals surface area contributed by atoms with Crippen LogP contribution < -0.4 is 10.6 Å². The summed E-state index contributed by atoms with van der Waals surface area (Å²) >= 11 is 11.9. The highest BCUT2D eigenvalue weighted by molar-refractivity contribution is 6.35. The van der Waals surface area contributed by atoms with Gasteiger partial charge in [0, 0.05) is 23.5 Å². The molecule has 0 fully saturated rings. The van der Waals surface area contributed by atoms with Gasteiger partial charge < -0.3 is 10.6 Å². The van der Waals surface area contributed by atoms with Gasteiger partial charge in [-0.3, -0.25) is 4.79 Å². The van der Waals surface area contributed by atoms with E-state index in [1.54, 1.807) is 18.2 Å². The van der Waals surface area contributed by atoms with Crippen molar-refractivity contribution in [1.82, 2.24) is 10.2 Å². The molecule has 110 valence electrons. The molecule has 2 N–H and O–H groups in total. The van der Waals surface area contributed by atoms with Crippen LogP contribution in [0.15, 0.2) is 30.3 Å². The number of carbonyl (C=O) groups excluding carboxylic acids is 1. The predicted octanol–water partition coefficient (Wildman–Crippen LogP) is 3.40. The van der Waals surface area contributed by atoms with Gasteiger partial charge in [-0.2, -0.15) is 0 Å². The van der Waals surface area contributed by atoms with Crippen molar-refractivity contribution < 1.29 is 4.79 Å². The molecule has 7 heteroatoms. The molecule has 0 aliphatic heterocycles. The number of hydrogen-bond donors (Lipinski definition) is 2. The van der Waals surface area contributed by atoms with Gasteiger partial charge in [-0.05, 0) is 36.2 Å². The van der Waals surface area contributed by atoms with Gasteiger partial charge in [0.15, 0.2) is 5.82 Å². The van der Waals surface area contributed by atoms with Crippen LogP contribution in [0.4, 0.5) is 11.6 Å². The second-order valence-electron chi connectivity index (χ2n) is 4.40. The molecular weight excluding hydrogens is 311 g/mol. The standard InChI is InChI=1S/C14H14Cl2N4O/c1-9(21)18-14-5-4-13(19-20-14)17-7-6-10-2-3-11(15)8-12(10)16/h2-5,8H,6-7H2,1H3,(H,17,19)(H,18,20,21). The Kier molecular flexibility index (Phi) is 5.36. The lowest BCUT2D eigenvalue weighted by atomic mass is 10.1. The zero-order valence-corrected chi connectivity index (χ0v) is 12.9. The van der Waals surface area contributed by atoms with Crippen molar-refractivity contribution in [3.8, 4) is 0 Å². The van der Waals surface area contributed by atoms with Crippen LogP contribution in [0.25, 0.3) is 0 Å². The van der Waals surface area contributed by atoms with E-state index in [2.05, 4.69) is 20.8 Å².